The highest BCUT2D eigenvalue weighted by Crippen LogP contribution is 2.44. The van der Waals surface area contributed by atoms with Gasteiger partial charge in [0.2, 0.25) is 0 Å². The van der Waals surface area contributed by atoms with Crippen molar-refractivity contribution in [2.75, 3.05) is 6.61 Å². The van der Waals surface area contributed by atoms with Crippen LogP contribution < -0.4 is 5.32 Å². The van der Waals surface area contributed by atoms with Gasteiger partial charge in [-0.15, -0.1) is 0 Å². The molecule has 0 unspecified atom stereocenters. The van der Waals surface area contributed by atoms with E-state index in [9.17, 15) is 14.7 Å². The van der Waals surface area contributed by atoms with Crippen LogP contribution in [0.15, 0.2) is 48.5 Å². The topological polar surface area (TPSA) is 75.6 Å². The van der Waals surface area contributed by atoms with Crippen molar-refractivity contribution in [1.82, 2.24) is 5.32 Å². The number of amides is 1. The first-order chi connectivity index (χ1) is 14.6. The van der Waals surface area contributed by atoms with Crippen LogP contribution in [0.25, 0.3) is 11.1 Å². The Morgan fingerprint density at radius 1 is 0.967 bits per heavy atom. The second-order valence-corrected chi connectivity index (χ2v) is 8.50. The molecule has 0 spiro atoms. The summed E-state index contributed by atoms with van der Waals surface area (Å²) >= 11 is 0. The zero-order valence-electron chi connectivity index (χ0n) is 17.2. The number of alkyl carbamates (subject to hydrolysis) is 1. The van der Waals surface area contributed by atoms with Crippen LogP contribution in [0.4, 0.5) is 4.79 Å². The molecule has 0 aliphatic heterocycles. The maximum atomic E-state index is 12.5. The monoisotopic (exact) mass is 407 g/mol. The van der Waals surface area contributed by atoms with Gasteiger partial charge in [-0.25, -0.2) is 4.79 Å². The van der Waals surface area contributed by atoms with E-state index in [0.29, 0.717) is 12.3 Å². The molecule has 5 nitrogen and oxygen atoms in total. The molecule has 2 aromatic rings. The third-order valence-corrected chi connectivity index (χ3v) is 6.43. The first-order valence-electron chi connectivity index (χ1n) is 10.9. The van der Waals surface area contributed by atoms with Gasteiger partial charge >= 0.3 is 12.1 Å². The molecule has 0 aromatic heterocycles. The van der Waals surface area contributed by atoms with Crippen LogP contribution in [0.2, 0.25) is 0 Å². The van der Waals surface area contributed by atoms with Crippen molar-refractivity contribution >= 4 is 12.1 Å². The lowest BCUT2D eigenvalue weighted by Crippen LogP contribution is -2.39. The third-order valence-electron chi connectivity index (χ3n) is 6.43. The number of fused-ring (bicyclic) bond motifs is 3. The lowest BCUT2D eigenvalue weighted by Gasteiger charge is -2.26. The molecule has 0 radical (unpaired) electrons. The molecule has 158 valence electrons. The van der Waals surface area contributed by atoms with Gasteiger partial charge in [-0.1, -0.05) is 80.6 Å². The van der Waals surface area contributed by atoms with E-state index in [1.165, 1.54) is 30.4 Å². The minimum absolute atomic E-state index is 0.000539. The molecule has 2 aliphatic rings. The first-order valence-corrected chi connectivity index (χ1v) is 10.9. The van der Waals surface area contributed by atoms with Gasteiger partial charge in [0.25, 0.3) is 0 Å². The fraction of sp³-hybridized carbons (Fsp3) is 0.440. The lowest BCUT2D eigenvalue weighted by atomic mass is 9.84. The molecule has 1 saturated carbocycles. The number of aliphatic carboxylic acids is 1. The zero-order chi connectivity index (χ0) is 20.9. The number of benzene rings is 2. The minimum Gasteiger partial charge on any atom is -0.481 e. The fourth-order valence-corrected chi connectivity index (χ4v) is 5.04. The highest BCUT2D eigenvalue weighted by Gasteiger charge is 2.29. The van der Waals surface area contributed by atoms with Crippen LogP contribution in [0.5, 0.6) is 0 Å². The molecule has 1 amide bonds. The number of hydrogen-bond acceptors (Lipinski definition) is 3. The summed E-state index contributed by atoms with van der Waals surface area (Å²) in [6.07, 6.45) is 5.96. The summed E-state index contributed by atoms with van der Waals surface area (Å²) in [7, 11) is 0. The van der Waals surface area contributed by atoms with Crippen LogP contribution in [0.1, 0.15) is 62.0 Å². The van der Waals surface area contributed by atoms with Gasteiger partial charge in [0.05, 0.1) is 6.42 Å². The molecule has 0 saturated heterocycles. The smallest absolute Gasteiger partial charge is 0.407 e. The molecule has 1 atom stereocenters. The van der Waals surface area contributed by atoms with Gasteiger partial charge in [0.15, 0.2) is 0 Å². The molecular weight excluding hydrogens is 378 g/mol. The lowest BCUT2D eigenvalue weighted by molar-refractivity contribution is -0.137. The number of carboxylic acids is 1. The molecule has 2 aromatic carbocycles. The van der Waals surface area contributed by atoms with Crippen LogP contribution >= 0.6 is 0 Å². The Kier molecular flexibility index (Phi) is 6.36. The number of rotatable bonds is 7. The van der Waals surface area contributed by atoms with E-state index in [0.717, 1.165) is 24.0 Å². The third kappa shape index (κ3) is 4.66. The highest BCUT2D eigenvalue weighted by atomic mass is 16.5. The van der Waals surface area contributed by atoms with E-state index < -0.39 is 12.1 Å². The van der Waals surface area contributed by atoms with Crippen molar-refractivity contribution < 1.29 is 19.4 Å². The second kappa shape index (κ2) is 9.33. The molecule has 0 bridgehead atoms. The van der Waals surface area contributed by atoms with Crippen molar-refractivity contribution in [1.29, 1.82) is 0 Å². The summed E-state index contributed by atoms with van der Waals surface area (Å²) in [6.45, 7) is 0.239. The molecule has 2 aliphatic carbocycles. The van der Waals surface area contributed by atoms with E-state index >= 15 is 0 Å². The second-order valence-electron chi connectivity index (χ2n) is 8.50. The van der Waals surface area contributed by atoms with Crippen molar-refractivity contribution in [3.8, 4) is 11.1 Å². The van der Waals surface area contributed by atoms with Gasteiger partial charge in [0, 0.05) is 12.0 Å². The van der Waals surface area contributed by atoms with Crippen LogP contribution in [-0.4, -0.2) is 29.8 Å². The van der Waals surface area contributed by atoms with Gasteiger partial charge < -0.3 is 15.2 Å². The normalized spacial score (nSPS) is 17.1. The highest BCUT2D eigenvalue weighted by molar-refractivity contribution is 5.79. The summed E-state index contributed by atoms with van der Waals surface area (Å²) in [5, 5.41) is 12.1. The average molecular weight is 408 g/mol. The van der Waals surface area contributed by atoms with E-state index in [4.69, 9.17) is 4.74 Å². The Balaban J connectivity index is 1.39. The quantitative estimate of drug-likeness (QED) is 0.650. The van der Waals surface area contributed by atoms with Crippen molar-refractivity contribution in [3.63, 3.8) is 0 Å². The first kappa shape index (κ1) is 20.5. The van der Waals surface area contributed by atoms with Crippen molar-refractivity contribution in [2.24, 2.45) is 5.92 Å². The molecule has 30 heavy (non-hydrogen) atoms. The molecular formula is C25H29NO4. The zero-order valence-corrected chi connectivity index (χ0v) is 17.2. The predicted molar refractivity (Wildman–Crippen MR) is 115 cm³/mol. The Bertz CT molecular complexity index is 858. The molecule has 4 rings (SSSR count). The Morgan fingerprint density at radius 2 is 1.57 bits per heavy atom. The van der Waals surface area contributed by atoms with E-state index in [-0.39, 0.29) is 25.0 Å². The standard InChI is InChI=1S/C25H29NO4/c27-24(28)15-18(14-17-8-2-1-3-9-17)26-25(29)30-16-23-21-12-6-4-10-19(21)20-11-5-7-13-22(20)23/h4-7,10-13,17-18,23H,1-3,8-9,14-16H2,(H,26,29)(H,27,28)/t18-/m0/s1. The van der Waals surface area contributed by atoms with Gasteiger partial charge in [-0.3, -0.25) is 4.79 Å². The predicted octanol–water partition coefficient (Wildman–Crippen LogP) is 5.34. The maximum absolute atomic E-state index is 12.5. The summed E-state index contributed by atoms with van der Waals surface area (Å²) in [6, 6.07) is 16.0. The molecule has 5 heteroatoms. The largest absolute Gasteiger partial charge is 0.481 e. The van der Waals surface area contributed by atoms with Gasteiger partial charge in [-0.2, -0.15) is 0 Å². The Morgan fingerprint density at radius 3 is 2.17 bits per heavy atom. The average Bonchev–Trinajstić information content (AvgIpc) is 3.06. The van der Waals surface area contributed by atoms with Crippen LogP contribution in [-0.2, 0) is 9.53 Å². The summed E-state index contributed by atoms with van der Waals surface area (Å²) in [5.74, 6) is -0.411. The number of hydrogen-bond donors (Lipinski definition) is 2. The Labute approximate surface area is 177 Å². The minimum atomic E-state index is -0.894. The summed E-state index contributed by atoms with van der Waals surface area (Å²) < 4.78 is 5.60. The number of carbonyl (C=O) groups excluding carboxylic acids is 1. The number of ether oxygens (including phenoxy) is 1. The molecule has 0 heterocycles. The fourth-order valence-electron chi connectivity index (χ4n) is 5.04. The SMILES string of the molecule is O=C(O)C[C@H](CC1CCCCC1)NC(=O)OCC1c2ccccc2-c2ccccc21. The summed E-state index contributed by atoms with van der Waals surface area (Å²) in [5.41, 5.74) is 4.69. The molecule has 1 fully saturated rings. The van der Waals surface area contributed by atoms with E-state index in [1.54, 1.807) is 0 Å². The number of carbonyl (C=O) groups is 2. The van der Waals surface area contributed by atoms with Crippen molar-refractivity contribution in [2.45, 2.75) is 56.9 Å². The van der Waals surface area contributed by atoms with Gasteiger partial charge in [-0.05, 0) is 34.6 Å². The Hall–Kier alpha value is -2.82. The van der Waals surface area contributed by atoms with Crippen LogP contribution in [0.3, 0.4) is 0 Å². The van der Waals surface area contributed by atoms with E-state index in [1.807, 2.05) is 24.3 Å². The van der Waals surface area contributed by atoms with Crippen molar-refractivity contribution in [3.05, 3.63) is 59.7 Å². The number of carboxylic acid groups (broad SMARTS) is 1. The maximum Gasteiger partial charge on any atom is 0.407 e. The van der Waals surface area contributed by atoms with Crippen LogP contribution in [0, 0.1) is 5.92 Å². The number of nitrogens with one attached hydrogen (secondary N) is 1. The van der Waals surface area contributed by atoms with Gasteiger partial charge in [0.1, 0.15) is 6.61 Å². The molecule has 2 N–H and O–H groups in total. The van der Waals surface area contributed by atoms with E-state index in [2.05, 4.69) is 29.6 Å². The summed E-state index contributed by atoms with van der Waals surface area (Å²) in [4.78, 5) is 23.8.